The second-order valence-corrected chi connectivity index (χ2v) is 7.65. The van der Waals surface area contributed by atoms with Gasteiger partial charge in [-0.1, -0.05) is 22.0 Å². The molecule has 24 heavy (non-hydrogen) atoms. The number of nitrogens with one attached hydrogen (secondary N) is 1. The van der Waals surface area contributed by atoms with Gasteiger partial charge >= 0.3 is 0 Å². The summed E-state index contributed by atoms with van der Waals surface area (Å²) in [4.78, 5) is 4.48. The number of pyridine rings is 1. The van der Waals surface area contributed by atoms with Gasteiger partial charge in [0.25, 0.3) is 0 Å². The summed E-state index contributed by atoms with van der Waals surface area (Å²) in [5, 5.41) is 5.06. The predicted molar refractivity (Wildman–Crippen MR) is 102 cm³/mol. The Balaban J connectivity index is 1.80. The maximum Gasteiger partial charge on any atom is 0.0486 e. The maximum atomic E-state index is 4.48. The Morgan fingerprint density at radius 1 is 1.25 bits per heavy atom. The molecule has 3 nitrogen and oxygen atoms in total. The summed E-state index contributed by atoms with van der Waals surface area (Å²) < 4.78 is 3.66. The molecule has 1 N–H and O–H groups in total. The zero-order valence-corrected chi connectivity index (χ0v) is 15.7. The van der Waals surface area contributed by atoms with Crippen molar-refractivity contribution < 1.29 is 0 Å². The van der Waals surface area contributed by atoms with E-state index in [4.69, 9.17) is 0 Å². The van der Waals surface area contributed by atoms with Crippen molar-refractivity contribution in [3.05, 3.63) is 64.0 Å². The topological polar surface area (TPSA) is 29.9 Å². The molecule has 3 aromatic rings. The number of hydrogen-bond acceptors (Lipinski definition) is 2. The van der Waals surface area contributed by atoms with Crippen LogP contribution in [0.3, 0.4) is 0 Å². The fourth-order valence-electron chi connectivity index (χ4n) is 4.00. The fraction of sp³-hybridized carbons (Fsp3) is 0.350. The fourth-order valence-corrected chi connectivity index (χ4v) is 4.36. The molecule has 4 rings (SSSR count). The minimum absolute atomic E-state index is 0.386. The summed E-state index contributed by atoms with van der Waals surface area (Å²) in [6.45, 7) is 5.53. The van der Waals surface area contributed by atoms with Crippen LogP contribution in [0.15, 0.2) is 47.1 Å². The number of aromatic nitrogens is 2. The highest BCUT2D eigenvalue weighted by Gasteiger charge is 2.27. The summed E-state index contributed by atoms with van der Waals surface area (Å²) in [5.41, 5.74) is 5.44. The Hall–Kier alpha value is -1.65. The van der Waals surface area contributed by atoms with Gasteiger partial charge in [-0.05, 0) is 49.7 Å². The van der Waals surface area contributed by atoms with Crippen LogP contribution in [-0.4, -0.2) is 15.6 Å². The van der Waals surface area contributed by atoms with E-state index in [-0.39, 0.29) is 0 Å². The van der Waals surface area contributed by atoms with Crippen LogP contribution in [0.25, 0.3) is 10.9 Å². The lowest BCUT2D eigenvalue weighted by Crippen LogP contribution is -2.36. The third-order valence-corrected chi connectivity index (χ3v) is 5.45. The first-order valence-corrected chi connectivity index (χ1v) is 9.39. The third kappa shape index (κ3) is 2.78. The molecule has 0 aliphatic carbocycles. The Morgan fingerprint density at radius 2 is 2.12 bits per heavy atom. The van der Waals surface area contributed by atoms with Gasteiger partial charge in [-0.3, -0.25) is 4.98 Å². The molecule has 0 spiro atoms. The molecule has 0 fully saturated rings. The number of nitrogens with zero attached hydrogens (tertiary/aromatic N) is 2. The zero-order valence-electron chi connectivity index (χ0n) is 14.1. The Kier molecular flexibility index (Phi) is 4.19. The van der Waals surface area contributed by atoms with E-state index < -0.39 is 0 Å². The average Bonchev–Trinajstić information content (AvgIpc) is 2.86. The normalized spacial score (nSPS) is 20.3. The lowest BCUT2D eigenvalue weighted by Gasteiger charge is -2.28. The van der Waals surface area contributed by atoms with Crippen LogP contribution >= 0.6 is 15.9 Å². The van der Waals surface area contributed by atoms with Gasteiger partial charge in [0.1, 0.15) is 0 Å². The van der Waals surface area contributed by atoms with Crippen LogP contribution in [0.4, 0.5) is 0 Å². The SMILES string of the molecule is CC1Cc2c(c3cc(Br)ccc3n2CCc2ccccn2)C(C)N1. The van der Waals surface area contributed by atoms with E-state index in [1.807, 2.05) is 12.3 Å². The maximum absolute atomic E-state index is 4.48. The van der Waals surface area contributed by atoms with Crippen molar-refractivity contribution in [1.82, 2.24) is 14.9 Å². The number of benzene rings is 1. The minimum atomic E-state index is 0.386. The van der Waals surface area contributed by atoms with Crippen LogP contribution < -0.4 is 5.32 Å². The molecule has 1 aromatic carbocycles. The van der Waals surface area contributed by atoms with Gasteiger partial charge < -0.3 is 9.88 Å². The van der Waals surface area contributed by atoms with Crippen LogP contribution in [-0.2, 0) is 19.4 Å². The summed E-state index contributed by atoms with van der Waals surface area (Å²) >= 11 is 3.64. The van der Waals surface area contributed by atoms with Crippen molar-refractivity contribution in [2.24, 2.45) is 0 Å². The molecular formula is C20H22BrN3. The number of aryl methyl sites for hydroxylation is 2. The molecular weight excluding hydrogens is 362 g/mol. The van der Waals surface area contributed by atoms with E-state index in [0.29, 0.717) is 12.1 Å². The van der Waals surface area contributed by atoms with Crippen molar-refractivity contribution >= 4 is 26.8 Å². The van der Waals surface area contributed by atoms with E-state index in [9.17, 15) is 0 Å². The molecule has 0 saturated heterocycles. The highest BCUT2D eigenvalue weighted by atomic mass is 79.9. The smallest absolute Gasteiger partial charge is 0.0486 e. The Morgan fingerprint density at radius 3 is 2.92 bits per heavy atom. The van der Waals surface area contributed by atoms with Gasteiger partial charge in [0.15, 0.2) is 0 Å². The molecule has 0 bridgehead atoms. The predicted octanol–water partition coefficient (Wildman–Crippen LogP) is 4.64. The quantitative estimate of drug-likeness (QED) is 0.713. The zero-order chi connectivity index (χ0) is 16.7. The van der Waals surface area contributed by atoms with Crippen molar-refractivity contribution in [2.45, 2.75) is 45.3 Å². The average molecular weight is 384 g/mol. The van der Waals surface area contributed by atoms with Crippen molar-refractivity contribution in [2.75, 3.05) is 0 Å². The highest BCUT2D eigenvalue weighted by molar-refractivity contribution is 9.10. The van der Waals surface area contributed by atoms with E-state index >= 15 is 0 Å². The second-order valence-electron chi connectivity index (χ2n) is 6.74. The molecule has 0 saturated carbocycles. The lowest BCUT2D eigenvalue weighted by atomic mass is 9.95. The summed E-state index contributed by atoms with van der Waals surface area (Å²) in [7, 11) is 0. The molecule has 2 aromatic heterocycles. The first-order valence-electron chi connectivity index (χ1n) is 8.60. The van der Waals surface area contributed by atoms with Gasteiger partial charge in [-0.15, -0.1) is 0 Å². The summed E-state index contributed by atoms with van der Waals surface area (Å²) in [6, 6.07) is 13.7. The lowest BCUT2D eigenvalue weighted by molar-refractivity contribution is 0.433. The Labute approximate surface area is 151 Å². The number of fused-ring (bicyclic) bond motifs is 3. The van der Waals surface area contributed by atoms with Crippen LogP contribution in [0.5, 0.6) is 0 Å². The molecule has 124 valence electrons. The molecule has 2 unspecified atom stereocenters. The van der Waals surface area contributed by atoms with Gasteiger partial charge in [-0.2, -0.15) is 0 Å². The minimum Gasteiger partial charge on any atom is -0.344 e. The molecule has 0 radical (unpaired) electrons. The van der Waals surface area contributed by atoms with E-state index in [2.05, 4.69) is 75.0 Å². The third-order valence-electron chi connectivity index (χ3n) is 4.96. The largest absolute Gasteiger partial charge is 0.344 e. The molecule has 3 heterocycles. The summed E-state index contributed by atoms with van der Waals surface area (Å²) in [5.74, 6) is 0. The standard InChI is InChI=1S/C20H22BrN3/c1-13-11-19-20(14(2)23-13)17-12-15(21)6-7-18(17)24(19)10-8-16-5-3-4-9-22-16/h3-7,9,12-14,23H,8,10-11H2,1-2H3. The van der Waals surface area contributed by atoms with Gasteiger partial charge in [-0.25, -0.2) is 0 Å². The van der Waals surface area contributed by atoms with E-state index in [1.54, 1.807) is 0 Å². The molecule has 1 aliphatic heterocycles. The van der Waals surface area contributed by atoms with E-state index in [0.717, 1.165) is 29.6 Å². The Bertz CT molecular complexity index is 869. The van der Waals surface area contributed by atoms with Crippen molar-refractivity contribution in [3.63, 3.8) is 0 Å². The molecule has 1 aliphatic rings. The van der Waals surface area contributed by atoms with Gasteiger partial charge in [0.2, 0.25) is 0 Å². The van der Waals surface area contributed by atoms with E-state index in [1.165, 1.54) is 22.2 Å². The summed E-state index contributed by atoms with van der Waals surface area (Å²) in [6.07, 6.45) is 3.92. The van der Waals surface area contributed by atoms with Gasteiger partial charge in [0.05, 0.1) is 0 Å². The monoisotopic (exact) mass is 383 g/mol. The van der Waals surface area contributed by atoms with Gasteiger partial charge in [0, 0.05) is 64.4 Å². The number of halogens is 1. The number of hydrogen-bond donors (Lipinski definition) is 1. The van der Waals surface area contributed by atoms with Crippen molar-refractivity contribution in [1.29, 1.82) is 0 Å². The first kappa shape index (κ1) is 15.9. The highest BCUT2D eigenvalue weighted by Crippen LogP contribution is 2.36. The number of rotatable bonds is 3. The van der Waals surface area contributed by atoms with Crippen molar-refractivity contribution in [3.8, 4) is 0 Å². The molecule has 2 atom stereocenters. The second kappa shape index (κ2) is 6.34. The molecule has 0 amide bonds. The van der Waals surface area contributed by atoms with Crippen LogP contribution in [0, 0.1) is 0 Å². The van der Waals surface area contributed by atoms with Crippen LogP contribution in [0.1, 0.15) is 36.8 Å². The first-order chi connectivity index (χ1) is 11.6. The van der Waals surface area contributed by atoms with Crippen LogP contribution in [0.2, 0.25) is 0 Å². The molecule has 4 heteroatoms.